The van der Waals surface area contributed by atoms with Crippen LogP contribution in [-0.2, 0) is 5.54 Å². The van der Waals surface area contributed by atoms with Gasteiger partial charge in [-0.3, -0.25) is 10.1 Å². The summed E-state index contributed by atoms with van der Waals surface area (Å²) in [5, 5.41) is 10.7. The highest BCUT2D eigenvalue weighted by molar-refractivity contribution is 5.38. The number of nitrogens with zero attached hydrogens (tertiary/aromatic N) is 1. The summed E-state index contributed by atoms with van der Waals surface area (Å²) in [6.45, 7) is 4.44. The van der Waals surface area contributed by atoms with Crippen LogP contribution in [0.4, 0.5) is 5.69 Å². The van der Waals surface area contributed by atoms with E-state index in [1.54, 1.807) is 12.1 Å². The van der Waals surface area contributed by atoms with Crippen molar-refractivity contribution in [2.45, 2.75) is 57.9 Å². The first-order valence-corrected chi connectivity index (χ1v) is 7.48. The highest BCUT2D eigenvalue weighted by Crippen LogP contribution is 2.57. The molecule has 0 atom stereocenters. The van der Waals surface area contributed by atoms with Crippen molar-refractivity contribution in [3.63, 3.8) is 0 Å². The molecule has 0 amide bonds. The summed E-state index contributed by atoms with van der Waals surface area (Å²) in [5.74, 6) is 0. The number of benzene rings is 1. The molecule has 0 heterocycles. The van der Waals surface area contributed by atoms with Crippen molar-refractivity contribution in [3.8, 4) is 0 Å². The van der Waals surface area contributed by atoms with Crippen LogP contribution in [0.5, 0.6) is 0 Å². The zero-order valence-electron chi connectivity index (χ0n) is 12.4. The van der Waals surface area contributed by atoms with Gasteiger partial charge in [-0.25, -0.2) is 0 Å². The maximum Gasteiger partial charge on any atom is 0.269 e. The average Bonchev–Trinajstić information content (AvgIpc) is 2.37. The lowest BCUT2D eigenvalue weighted by molar-refractivity contribution is -0.384. The molecule has 1 fully saturated rings. The molecule has 110 valence electrons. The lowest BCUT2D eigenvalue weighted by atomic mass is 9.52. The van der Waals surface area contributed by atoms with E-state index in [4.69, 9.17) is 5.73 Å². The molecular formula is C16H24N2O2. The highest BCUT2D eigenvalue weighted by atomic mass is 16.6. The number of nitro benzene ring substituents is 1. The molecule has 20 heavy (non-hydrogen) atoms. The van der Waals surface area contributed by atoms with Gasteiger partial charge in [0, 0.05) is 17.7 Å². The Labute approximate surface area is 120 Å². The van der Waals surface area contributed by atoms with E-state index in [0.717, 1.165) is 18.4 Å². The van der Waals surface area contributed by atoms with E-state index in [0.29, 0.717) is 5.41 Å². The first-order chi connectivity index (χ1) is 9.45. The fourth-order valence-corrected chi connectivity index (χ4v) is 3.94. The fraction of sp³-hybridized carbons (Fsp3) is 0.625. The summed E-state index contributed by atoms with van der Waals surface area (Å²) in [6.07, 6.45) is 6.84. The SMILES string of the molecule is CCCC1(CCC)CC(N)(c2ccc([N+](=O)[O-])cc2)C1. The maximum absolute atomic E-state index is 10.7. The van der Waals surface area contributed by atoms with Crippen molar-refractivity contribution < 1.29 is 4.92 Å². The van der Waals surface area contributed by atoms with Gasteiger partial charge in [0.2, 0.25) is 0 Å². The molecule has 2 rings (SSSR count). The summed E-state index contributed by atoms with van der Waals surface area (Å²) >= 11 is 0. The Balaban J connectivity index is 2.12. The molecule has 2 N–H and O–H groups in total. The van der Waals surface area contributed by atoms with E-state index in [-0.39, 0.29) is 16.1 Å². The van der Waals surface area contributed by atoms with E-state index < -0.39 is 0 Å². The summed E-state index contributed by atoms with van der Waals surface area (Å²) in [4.78, 5) is 10.3. The van der Waals surface area contributed by atoms with Crippen molar-refractivity contribution in [3.05, 3.63) is 39.9 Å². The van der Waals surface area contributed by atoms with E-state index >= 15 is 0 Å². The first kappa shape index (κ1) is 15.0. The molecule has 4 heteroatoms. The van der Waals surface area contributed by atoms with Crippen LogP contribution >= 0.6 is 0 Å². The smallest absolute Gasteiger partial charge is 0.269 e. The monoisotopic (exact) mass is 276 g/mol. The molecule has 0 radical (unpaired) electrons. The minimum atomic E-state index is -0.369. The molecule has 4 nitrogen and oxygen atoms in total. The van der Waals surface area contributed by atoms with Gasteiger partial charge in [-0.05, 0) is 36.7 Å². The van der Waals surface area contributed by atoms with Gasteiger partial charge >= 0.3 is 0 Å². The summed E-state index contributed by atoms with van der Waals surface area (Å²) in [6, 6.07) is 6.76. The van der Waals surface area contributed by atoms with Crippen LogP contribution in [0.25, 0.3) is 0 Å². The number of non-ortho nitro benzene ring substituents is 1. The average molecular weight is 276 g/mol. The van der Waals surface area contributed by atoms with E-state index in [1.807, 2.05) is 12.1 Å². The van der Waals surface area contributed by atoms with Crippen LogP contribution in [0.2, 0.25) is 0 Å². The summed E-state index contributed by atoms with van der Waals surface area (Å²) in [5.41, 5.74) is 7.78. The minimum Gasteiger partial charge on any atom is -0.321 e. The highest BCUT2D eigenvalue weighted by Gasteiger charge is 2.51. The Hall–Kier alpha value is -1.42. The molecule has 0 bridgehead atoms. The van der Waals surface area contributed by atoms with Crippen LogP contribution in [0.15, 0.2) is 24.3 Å². The Kier molecular flexibility index (Phi) is 4.14. The third-order valence-corrected chi connectivity index (χ3v) is 4.59. The van der Waals surface area contributed by atoms with Gasteiger partial charge in [0.25, 0.3) is 5.69 Å². The standard InChI is InChI=1S/C16H24N2O2/c1-3-9-15(10-4-2)11-16(17,12-15)13-5-7-14(8-6-13)18(19)20/h5-8H,3-4,9-12,17H2,1-2H3. The van der Waals surface area contributed by atoms with Crippen LogP contribution < -0.4 is 5.73 Å². The van der Waals surface area contributed by atoms with Gasteiger partial charge in [-0.1, -0.05) is 38.8 Å². The molecule has 0 aliphatic heterocycles. The topological polar surface area (TPSA) is 69.2 Å². The Morgan fingerprint density at radius 2 is 1.65 bits per heavy atom. The quantitative estimate of drug-likeness (QED) is 0.627. The zero-order valence-corrected chi connectivity index (χ0v) is 12.4. The van der Waals surface area contributed by atoms with Gasteiger partial charge < -0.3 is 5.73 Å². The Bertz CT molecular complexity index is 468. The van der Waals surface area contributed by atoms with Crippen molar-refractivity contribution in [2.24, 2.45) is 11.1 Å². The third kappa shape index (κ3) is 2.70. The number of rotatable bonds is 6. The molecule has 1 saturated carbocycles. The van der Waals surface area contributed by atoms with Crippen molar-refractivity contribution in [2.75, 3.05) is 0 Å². The van der Waals surface area contributed by atoms with Gasteiger partial charge in [-0.2, -0.15) is 0 Å². The number of hydrogen-bond donors (Lipinski definition) is 1. The van der Waals surface area contributed by atoms with Crippen molar-refractivity contribution >= 4 is 5.69 Å². The van der Waals surface area contributed by atoms with Crippen LogP contribution in [-0.4, -0.2) is 4.92 Å². The lowest BCUT2D eigenvalue weighted by Crippen LogP contribution is -2.55. The van der Waals surface area contributed by atoms with Gasteiger partial charge in [0.15, 0.2) is 0 Å². The molecule has 1 aromatic carbocycles. The molecular weight excluding hydrogens is 252 g/mol. The molecule has 1 aromatic rings. The first-order valence-electron chi connectivity index (χ1n) is 7.48. The van der Waals surface area contributed by atoms with E-state index in [2.05, 4.69) is 13.8 Å². The minimum absolute atomic E-state index is 0.130. The predicted molar refractivity (Wildman–Crippen MR) is 80.4 cm³/mol. The number of hydrogen-bond acceptors (Lipinski definition) is 3. The number of nitrogens with two attached hydrogens (primary N) is 1. The van der Waals surface area contributed by atoms with Gasteiger partial charge in [-0.15, -0.1) is 0 Å². The van der Waals surface area contributed by atoms with Gasteiger partial charge in [0.1, 0.15) is 0 Å². The van der Waals surface area contributed by atoms with Crippen molar-refractivity contribution in [1.82, 2.24) is 0 Å². The Morgan fingerprint density at radius 1 is 1.15 bits per heavy atom. The van der Waals surface area contributed by atoms with Crippen LogP contribution in [0.3, 0.4) is 0 Å². The molecule has 0 unspecified atom stereocenters. The molecule has 1 aliphatic rings. The summed E-state index contributed by atoms with van der Waals surface area (Å²) < 4.78 is 0. The summed E-state index contributed by atoms with van der Waals surface area (Å²) in [7, 11) is 0. The van der Waals surface area contributed by atoms with E-state index in [1.165, 1.54) is 25.7 Å². The fourth-order valence-electron chi connectivity index (χ4n) is 3.94. The molecule has 0 spiro atoms. The van der Waals surface area contributed by atoms with Crippen molar-refractivity contribution in [1.29, 1.82) is 0 Å². The largest absolute Gasteiger partial charge is 0.321 e. The number of nitro groups is 1. The zero-order chi connectivity index (χ0) is 14.8. The second kappa shape index (κ2) is 5.52. The maximum atomic E-state index is 10.7. The van der Waals surface area contributed by atoms with Crippen LogP contribution in [0, 0.1) is 15.5 Å². The Morgan fingerprint density at radius 3 is 2.05 bits per heavy atom. The lowest BCUT2D eigenvalue weighted by Gasteiger charge is -2.55. The molecule has 0 saturated heterocycles. The van der Waals surface area contributed by atoms with Crippen LogP contribution in [0.1, 0.15) is 57.9 Å². The molecule has 0 aromatic heterocycles. The van der Waals surface area contributed by atoms with Gasteiger partial charge in [0.05, 0.1) is 4.92 Å². The second-order valence-corrected chi connectivity index (χ2v) is 6.31. The predicted octanol–water partition coefficient (Wildman–Crippen LogP) is 4.13. The second-order valence-electron chi connectivity index (χ2n) is 6.31. The normalized spacial score (nSPS) is 19.4. The van der Waals surface area contributed by atoms with E-state index in [9.17, 15) is 10.1 Å². The third-order valence-electron chi connectivity index (χ3n) is 4.59. The molecule has 1 aliphatic carbocycles.